The summed E-state index contributed by atoms with van der Waals surface area (Å²) in [4.78, 5) is 0. The number of aliphatic hydroxyl groups excluding tert-OH is 1. The van der Waals surface area contributed by atoms with Crippen molar-refractivity contribution in [1.29, 1.82) is 0 Å². The second-order valence-corrected chi connectivity index (χ2v) is 2.56. The molecule has 0 amide bonds. The molecule has 2 N–H and O–H groups in total. The third-order valence-corrected chi connectivity index (χ3v) is 1.19. The summed E-state index contributed by atoms with van der Waals surface area (Å²) in [5.41, 5.74) is 1.16. The second-order valence-electron chi connectivity index (χ2n) is 2.56. The Balaban J connectivity index is 2.84. The molecule has 0 aliphatic rings. The normalized spacial score (nSPS) is 9.80. The van der Waals surface area contributed by atoms with Crippen molar-refractivity contribution in [2.45, 2.75) is 19.8 Å². The van der Waals surface area contributed by atoms with Crippen LogP contribution >= 0.6 is 0 Å². The predicted molar refractivity (Wildman–Crippen MR) is 44.0 cm³/mol. The predicted octanol–water partition coefficient (Wildman–Crippen LogP) is 0.925. The maximum absolute atomic E-state index is 8.43. The molecule has 0 saturated carbocycles. The Hall–Kier alpha value is -0.340. The molecular formula is C8H17NO. The summed E-state index contributed by atoms with van der Waals surface area (Å²) in [6.07, 6.45) is 1.94. The van der Waals surface area contributed by atoms with Crippen LogP contribution in [0.25, 0.3) is 0 Å². The van der Waals surface area contributed by atoms with Crippen LogP contribution in [0.1, 0.15) is 19.8 Å². The van der Waals surface area contributed by atoms with E-state index in [4.69, 9.17) is 5.11 Å². The highest BCUT2D eigenvalue weighted by molar-refractivity contribution is 4.90. The van der Waals surface area contributed by atoms with Crippen molar-refractivity contribution in [2.24, 2.45) is 0 Å². The van der Waals surface area contributed by atoms with Gasteiger partial charge in [-0.15, -0.1) is 0 Å². The Bertz CT molecular complexity index is 91.3. The first-order valence-electron chi connectivity index (χ1n) is 3.73. The van der Waals surface area contributed by atoms with Gasteiger partial charge in [0.1, 0.15) is 0 Å². The van der Waals surface area contributed by atoms with E-state index < -0.39 is 0 Å². The molecule has 0 aliphatic carbocycles. The molecule has 0 aromatic heterocycles. The minimum absolute atomic E-state index is 0.300. The van der Waals surface area contributed by atoms with Gasteiger partial charge in [0, 0.05) is 13.2 Å². The molecule has 0 unspecified atom stereocenters. The molecule has 2 heteroatoms. The monoisotopic (exact) mass is 143 g/mol. The van der Waals surface area contributed by atoms with Crippen molar-refractivity contribution >= 4 is 0 Å². The van der Waals surface area contributed by atoms with E-state index in [1.165, 1.54) is 0 Å². The molecule has 0 spiro atoms. The minimum atomic E-state index is 0.300. The van der Waals surface area contributed by atoms with Crippen LogP contribution in [0, 0.1) is 0 Å². The molecule has 0 heterocycles. The summed E-state index contributed by atoms with van der Waals surface area (Å²) in [6, 6.07) is 0. The third-order valence-electron chi connectivity index (χ3n) is 1.19. The molecule has 0 fully saturated rings. The molecule has 0 aromatic rings. The molecule has 0 rings (SSSR count). The Morgan fingerprint density at radius 3 is 2.70 bits per heavy atom. The van der Waals surface area contributed by atoms with E-state index in [1.54, 1.807) is 0 Å². The number of nitrogens with one attached hydrogen (secondary N) is 1. The topological polar surface area (TPSA) is 32.3 Å². The van der Waals surface area contributed by atoms with Gasteiger partial charge < -0.3 is 10.4 Å². The number of rotatable bonds is 6. The molecule has 60 valence electrons. The smallest absolute Gasteiger partial charge is 0.0431 e. The van der Waals surface area contributed by atoms with E-state index in [2.05, 4.69) is 11.9 Å². The lowest BCUT2D eigenvalue weighted by atomic mass is 10.3. The largest absolute Gasteiger partial charge is 0.396 e. The van der Waals surface area contributed by atoms with Crippen molar-refractivity contribution in [3.63, 3.8) is 0 Å². The fraction of sp³-hybridized carbons (Fsp3) is 0.750. The van der Waals surface area contributed by atoms with Gasteiger partial charge in [0.15, 0.2) is 0 Å². The number of hydrogen-bond acceptors (Lipinski definition) is 2. The lowest BCUT2D eigenvalue weighted by Crippen LogP contribution is -2.17. The van der Waals surface area contributed by atoms with Crippen LogP contribution in [0.4, 0.5) is 0 Å². The summed E-state index contributed by atoms with van der Waals surface area (Å²) < 4.78 is 0. The lowest BCUT2D eigenvalue weighted by molar-refractivity contribution is 0.284. The number of hydrogen-bond donors (Lipinski definition) is 2. The average molecular weight is 143 g/mol. The van der Waals surface area contributed by atoms with Gasteiger partial charge in [-0.3, -0.25) is 0 Å². The summed E-state index contributed by atoms with van der Waals surface area (Å²) in [5, 5.41) is 11.6. The molecule has 0 radical (unpaired) electrons. The maximum atomic E-state index is 8.43. The van der Waals surface area contributed by atoms with Crippen molar-refractivity contribution < 1.29 is 5.11 Å². The van der Waals surface area contributed by atoms with Crippen LogP contribution in [-0.2, 0) is 0 Å². The molecule has 0 atom stereocenters. The summed E-state index contributed by atoms with van der Waals surface area (Å²) in [5.74, 6) is 0. The average Bonchev–Trinajstić information content (AvgIpc) is 1.87. The molecule has 0 saturated heterocycles. The lowest BCUT2D eigenvalue weighted by Gasteiger charge is -2.01. The summed E-state index contributed by atoms with van der Waals surface area (Å²) in [6.45, 7) is 7.93. The van der Waals surface area contributed by atoms with Crippen LogP contribution in [-0.4, -0.2) is 24.8 Å². The molecule has 0 bridgehead atoms. The van der Waals surface area contributed by atoms with Gasteiger partial charge in [-0.25, -0.2) is 0 Å². The number of unbranched alkanes of at least 4 members (excludes halogenated alkanes) is 1. The van der Waals surface area contributed by atoms with Crippen molar-refractivity contribution in [3.05, 3.63) is 12.2 Å². The van der Waals surface area contributed by atoms with Gasteiger partial charge in [0.05, 0.1) is 0 Å². The molecular weight excluding hydrogens is 126 g/mol. The summed E-state index contributed by atoms with van der Waals surface area (Å²) in [7, 11) is 0. The van der Waals surface area contributed by atoms with Gasteiger partial charge >= 0.3 is 0 Å². The maximum Gasteiger partial charge on any atom is 0.0431 e. The first-order valence-corrected chi connectivity index (χ1v) is 3.73. The molecule has 0 aliphatic heterocycles. The summed E-state index contributed by atoms with van der Waals surface area (Å²) >= 11 is 0. The van der Waals surface area contributed by atoms with Crippen molar-refractivity contribution in [2.75, 3.05) is 19.7 Å². The Labute approximate surface area is 62.9 Å². The van der Waals surface area contributed by atoms with Gasteiger partial charge in [0.2, 0.25) is 0 Å². The zero-order valence-corrected chi connectivity index (χ0v) is 6.69. The van der Waals surface area contributed by atoms with E-state index in [9.17, 15) is 0 Å². The van der Waals surface area contributed by atoms with E-state index in [0.29, 0.717) is 6.61 Å². The fourth-order valence-corrected chi connectivity index (χ4v) is 0.664. The Morgan fingerprint density at radius 1 is 1.50 bits per heavy atom. The van der Waals surface area contributed by atoms with Gasteiger partial charge in [-0.1, -0.05) is 12.2 Å². The highest BCUT2D eigenvalue weighted by Crippen LogP contribution is 1.85. The quantitative estimate of drug-likeness (QED) is 0.428. The van der Waals surface area contributed by atoms with Crippen molar-refractivity contribution in [3.8, 4) is 0 Å². The van der Waals surface area contributed by atoms with Gasteiger partial charge in [-0.2, -0.15) is 0 Å². The van der Waals surface area contributed by atoms with Crippen LogP contribution in [0.2, 0.25) is 0 Å². The van der Waals surface area contributed by atoms with E-state index >= 15 is 0 Å². The number of aliphatic hydroxyl groups is 1. The fourth-order valence-electron chi connectivity index (χ4n) is 0.664. The second kappa shape index (κ2) is 6.78. The molecule has 10 heavy (non-hydrogen) atoms. The van der Waals surface area contributed by atoms with Crippen LogP contribution < -0.4 is 5.32 Å². The first kappa shape index (κ1) is 9.66. The zero-order valence-electron chi connectivity index (χ0n) is 6.69. The van der Waals surface area contributed by atoms with E-state index in [-0.39, 0.29) is 0 Å². The molecule has 2 nitrogen and oxygen atoms in total. The highest BCUT2D eigenvalue weighted by Gasteiger charge is 1.86. The van der Waals surface area contributed by atoms with E-state index in [0.717, 1.165) is 31.5 Å². The zero-order chi connectivity index (χ0) is 7.82. The standard InChI is InChI=1S/C8H17NO/c1-8(2)7-9-5-3-4-6-10/h9-10H,1,3-7H2,2H3. The Morgan fingerprint density at radius 2 is 2.20 bits per heavy atom. The first-order chi connectivity index (χ1) is 4.77. The SMILES string of the molecule is C=C(C)CNCCCCO. The van der Waals surface area contributed by atoms with E-state index in [1.807, 2.05) is 6.92 Å². The van der Waals surface area contributed by atoms with Crippen LogP contribution in [0.3, 0.4) is 0 Å². The molecule has 0 aromatic carbocycles. The van der Waals surface area contributed by atoms with Crippen LogP contribution in [0.15, 0.2) is 12.2 Å². The van der Waals surface area contributed by atoms with Crippen LogP contribution in [0.5, 0.6) is 0 Å². The Kier molecular flexibility index (Phi) is 6.55. The highest BCUT2D eigenvalue weighted by atomic mass is 16.2. The third kappa shape index (κ3) is 7.66. The van der Waals surface area contributed by atoms with Gasteiger partial charge in [-0.05, 0) is 26.3 Å². The van der Waals surface area contributed by atoms with Crippen molar-refractivity contribution in [1.82, 2.24) is 5.32 Å². The minimum Gasteiger partial charge on any atom is -0.396 e. The van der Waals surface area contributed by atoms with Gasteiger partial charge in [0.25, 0.3) is 0 Å².